The van der Waals surface area contributed by atoms with Crippen molar-refractivity contribution in [3.05, 3.63) is 84.0 Å². The van der Waals surface area contributed by atoms with E-state index in [1.807, 2.05) is 93.3 Å². The van der Waals surface area contributed by atoms with Crippen LogP contribution in [0.5, 0.6) is 11.5 Å². The Morgan fingerprint density at radius 3 is 2.42 bits per heavy atom. The quantitative estimate of drug-likeness (QED) is 0.132. The number of carbonyl (C=O) groups is 1. The van der Waals surface area contributed by atoms with Crippen LogP contribution in [-0.4, -0.2) is 58.3 Å². The smallest absolute Gasteiger partial charge is 0.282 e. The molecule has 0 saturated carbocycles. The van der Waals surface area contributed by atoms with Crippen LogP contribution in [0.3, 0.4) is 0 Å². The zero-order valence-electron chi connectivity index (χ0n) is 27.1. The second-order valence-electron chi connectivity index (χ2n) is 10.4. The second kappa shape index (κ2) is 14.6. The molecule has 6 rings (SSSR count). The summed E-state index contributed by atoms with van der Waals surface area (Å²) in [4.78, 5) is 23.1. The van der Waals surface area contributed by atoms with Gasteiger partial charge in [0.15, 0.2) is 5.82 Å². The minimum Gasteiger partial charge on any atom is -0.481 e. The Morgan fingerprint density at radius 1 is 1.00 bits per heavy atom. The van der Waals surface area contributed by atoms with Gasteiger partial charge in [-0.3, -0.25) is 4.79 Å². The Kier molecular flexibility index (Phi) is 10.7. The van der Waals surface area contributed by atoms with Gasteiger partial charge in [0, 0.05) is 38.1 Å². The molecule has 0 spiro atoms. The number of hydrogen-bond acceptors (Lipinski definition) is 8. The molecule has 0 bridgehead atoms. The number of benzene rings is 2. The van der Waals surface area contributed by atoms with Gasteiger partial charge in [0.05, 0.1) is 22.9 Å². The molecular formula is C34H43N7O4. The van der Waals surface area contributed by atoms with E-state index in [2.05, 4.69) is 26.4 Å². The molecule has 45 heavy (non-hydrogen) atoms. The summed E-state index contributed by atoms with van der Waals surface area (Å²) in [6, 6.07) is 13.8. The van der Waals surface area contributed by atoms with Crippen LogP contribution in [0.4, 0.5) is 11.5 Å². The highest BCUT2D eigenvalue weighted by Crippen LogP contribution is 2.36. The number of anilines is 2. The average molecular weight is 614 g/mol. The monoisotopic (exact) mass is 613 g/mol. The zero-order chi connectivity index (χ0) is 32.7. The summed E-state index contributed by atoms with van der Waals surface area (Å²) in [5.74, 6) is 1.10. The summed E-state index contributed by atoms with van der Waals surface area (Å²) in [6.07, 6.45) is 6.72. The number of carbonyl (C=O) groups excluding carboxylic acids is 1. The lowest BCUT2D eigenvalue weighted by Gasteiger charge is -2.32. The molecule has 1 saturated heterocycles. The molecule has 11 heteroatoms. The lowest BCUT2D eigenvalue weighted by atomic mass is 9.89. The molecule has 1 aliphatic heterocycles. The Balaban J connectivity index is 0.00000111. The van der Waals surface area contributed by atoms with Crippen molar-refractivity contribution in [3.8, 4) is 11.5 Å². The van der Waals surface area contributed by atoms with Crippen molar-refractivity contribution in [2.24, 2.45) is 7.05 Å². The van der Waals surface area contributed by atoms with E-state index in [0.717, 1.165) is 57.7 Å². The molecule has 2 aromatic carbocycles. The average Bonchev–Trinajstić information content (AvgIpc) is 3.67. The molecular weight excluding hydrogens is 570 g/mol. The number of nitrogens with zero attached hydrogens (tertiary/aromatic N) is 6. The number of rotatable bonds is 6. The summed E-state index contributed by atoms with van der Waals surface area (Å²) >= 11 is 0. The van der Waals surface area contributed by atoms with Gasteiger partial charge in [0.25, 0.3) is 11.9 Å². The second-order valence-corrected chi connectivity index (χ2v) is 10.4. The maximum Gasteiger partial charge on any atom is 0.282 e. The zero-order valence-corrected chi connectivity index (χ0v) is 27.1. The SMILES string of the molecule is CC.CC.CC(C(=O)N1CCC(c2ccn3ncnc(Nc4ccc(Oc5ccc6c(c5)ncn6C)c(C)c4)c23)CC1)=C(O)O. The standard InChI is InChI=1S/C30H31N7O4.2C2H6/c1-18-14-21(4-7-26(18)41-22-5-6-25-24(15-22)32-17-35(25)3)34-28-27-23(10-13-37(27)33-16-31-28)20-8-11-36(12-9-20)29(38)19(2)30(39)40;2*1-2/h4-7,10,13-17,20,39-40H,8-9,11-12H2,1-3H3,(H,31,33,34);2*1-2H3. The van der Waals surface area contributed by atoms with Crippen LogP contribution in [-0.2, 0) is 11.8 Å². The predicted molar refractivity (Wildman–Crippen MR) is 177 cm³/mol. The molecule has 238 valence electrons. The van der Waals surface area contributed by atoms with E-state index >= 15 is 0 Å². The number of ether oxygens (including phenoxy) is 1. The van der Waals surface area contributed by atoms with Crippen molar-refractivity contribution < 1.29 is 19.7 Å². The first kappa shape index (κ1) is 32.8. The van der Waals surface area contributed by atoms with Crippen molar-refractivity contribution >= 4 is 34.0 Å². The number of aryl methyl sites for hydroxylation is 2. The van der Waals surface area contributed by atoms with Gasteiger partial charge in [-0.25, -0.2) is 14.5 Å². The molecule has 0 atom stereocenters. The van der Waals surface area contributed by atoms with Crippen molar-refractivity contribution in [2.45, 2.75) is 60.3 Å². The van der Waals surface area contributed by atoms with E-state index in [4.69, 9.17) is 4.74 Å². The molecule has 5 aromatic rings. The van der Waals surface area contributed by atoms with E-state index in [0.29, 0.717) is 18.9 Å². The number of likely N-dealkylation sites (tertiary alicyclic amines) is 1. The third-order valence-electron chi connectivity index (χ3n) is 7.73. The van der Waals surface area contributed by atoms with Gasteiger partial charge in [-0.2, -0.15) is 5.10 Å². The van der Waals surface area contributed by atoms with Crippen molar-refractivity contribution in [1.82, 2.24) is 29.0 Å². The number of aromatic nitrogens is 5. The minimum atomic E-state index is -0.927. The number of amides is 1. The topological polar surface area (TPSA) is 130 Å². The van der Waals surface area contributed by atoms with Crippen LogP contribution >= 0.6 is 0 Å². The van der Waals surface area contributed by atoms with Crippen LogP contribution in [0.1, 0.15) is 64.5 Å². The number of nitrogens with one attached hydrogen (secondary N) is 1. The van der Waals surface area contributed by atoms with Gasteiger partial charge in [-0.05, 0) is 80.1 Å². The molecule has 0 aliphatic carbocycles. The van der Waals surface area contributed by atoms with E-state index in [-0.39, 0.29) is 17.4 Å². The van der Waals surface area contributed by atoms with Crippen LogP contribution < -0.4 is 10.1 Å². The first-order valence-corrected chi connectivity index (χ1v) is 15.5. The Labute approximate surface area is 263 Å². The third-order valence-corrected chi connectivity index (χ3v) is 7.73. The highest BCUT2D eigenvalue weighted by atomic mass is 16.5. The van der Waals surface area contributed by atoms with E-state index in [1.54, 1.807) is 11.2 Å². The molecule has 0 unspecified atom stereocenters. The van der Waals surface area contributed by atoms with Gasteiger partial charge >= 0.3 is 0 Å². The number of aliphatic hydroxyl groups is 2. The summed E-state index contributed by atoms with van der Waals surface area (Å²) < 4.78 is 9.96. The molecule has 11 nitrogen and oxygen atoms in total. The molecule has 1 aliphatic rings. The Bertz CT molecular complexity index is 1800. The van der Waals surface area contributed by atoms with Gasteiger partial charge in [-0.1, -0.05) is 27.7 Å². The van der Waals surface area contributed by atoms with Crippen LogP contribution in [0, 0.1) is 6.92 Å². The van der Waals surface area contributed by atoms with Crippen molar-refractivity contribution in [2.75, 3.05) is 18.4 Å². The first-order chi connectivity index (χ1) is 21.8. The number of aliphatic hydroxyl groups excluding tert-OH is 1. The summed E-state index contributed by atoms with van der Waals surface area (Å²) in [5.41, 5.74) is 5.72. The molecule has 1 amide bonds. The van der Waals surface area contributed by atoms with Crippen LogP contribution in [0.25, 0.3) is 16.6 Å². The lowest BCUT2D eigenvalue weighted by Crippen LogP contribution is -2.38. The fraction of sp³-hybridized carbons (Fsp3) is 0.353. The van der Waals surface area contributed by atoms with E-state index < -0.39 is 5.95 Å². The van der Waals surface area contributed by atoms with Crippen molar-refractivity contribution in [1.29, 1.82) is 0 Å². The van der Waals surface area contributed by atoms with Gasteiger partial charge in [0.1, 0.15) is 23.3 Å². The number of hydrogen-bond donors (Lipinski definition) is 3. The largest absolute Gasteiger partial charge is 0.481 e. The summed E-state index contributed by atoms with van der Waals surface area (Å²) in [6.45, 7) is 12.5. The maximum atomic E-state index is 12.5. The highest BCUT2D eigenvalue weighted by molar-refractivity contribution is 5.93. The van der Waals surface area contributed by atoms with E-state index in [9.17, 15) is 15.0 Å². The number of piperidine rings is 1. The lowest BCUT2D eigenvalue weighted by molar-refractivity contribution is -0.128. The third kappa shape index (κ3) is 7.03. The summed E-state index contributed by atoms with van der Waals surface area (Å²) in [5, 5.41) is 26.4. The highest BCUT2D eigenvalue weighted by Gasteiger charge is 2.28. The molecule has 3 aromatic heterocycles. The normalized spacial score (nSPS) is 13.0. The fourth-order valence-electron chi connectivity index (χ4n) is 5.41. The number of fused-ring (bicyclic) bond motifs is 2. The van der Waals surface area contributed by atoms with Gasteiger partial charge in [-0.15, -0.1) is 0 Å². The molecule has 4 heterocycles. The number of imidazole rings is 1. The Hall–Kier alpha value is -5.06. The fourth-order valence-corrected chi connectivity index (χ4v) is 5.41. The minimum absolute atomic E-state index is 0.0429. The van der Waals surface area contributed by atoms with Crippen LogP contribution in [0.2, 0.25) is 0 Å². The van der Waals surface area contributed by atoms with Gasteiger partial charge in [0.2, 0.25) is 0 Å². The summed E-state index contributed by atoms with van der Waals surface area (Å²) in [7, 11) is 1.96. The maximum absolute atomic E-state index is 12.5. The van der Waals surface area contributed by atoms with Crippen molar-refractivity contribution in [3.63, 3.8) is 0 Å². The Morgan fingerprint density at radius 2 is 1.73 bits per heavy atom. The van der Waals surface area contributed by atoms with Gasteiger partial charge < -0.3 is 29.7 Å². The van der Waals surface area contributed by atoms with Crippen LogP contribution in [0.15, 0.2) is 72.8 Å². The molecule has 3 N–H and O–H groups in total. The predicted octanol–water partition coefficient (Wildman–Crippen LogP) is 7.57. The molecule has 0 radical (unpaired) electrons. The van der Waals surface area contributed by atoms with E-state index in [1.165, 1.54) is 13.3 Å². The first-order valence-electron chi connectivity index (χ1n) is 15.5. The molecule has 1 fully saturated rings.